The average molecular weight is 300 g/mol. The molecule has 0 spiro atoms. The first-order valence-electron chi connectivity index (χ1n) is 7.76. The summed E-state index contributed by atoms with van der Waals surface area (Å²) in [7, 11) is 0. The molecular weight excluding hydrogens is 276 g/mol. The van der Waals surface area contributed by atoms with E-state index in [1.54, 1.807) is 0 Å². The van der Waals surface area contributed by atoms with Gasteiger partial charge in [-0.2, -0.15) is 5.10 Å². The third kappa shape index (κ3) is 2.61. The van der Waals surface area contributed by atoms with E-state index in [9.17, 15) is 4.79 Å². The van der Waals surface area contributed by atoms with Crippen LogP contribution in [0.3, 0.4) is 0 Å². The zero-order valence-corrected chi connectivity index (χ0v) is 12.1. The van der Waals surface area contributed by atoms with Gasteiger partial charge in [-0.25, -0.2) is 0 Å². The number of para-hydroxylation sites is 1. The van der Waals surface area contributed by atoms with Gasteiger partial charge in [0.15, 0.2) is 5.69 Å². The summed E-state index contributed by atoms with van der Waals surface area (Å²) in [6.45, 7) is 5.01. The molecule has 1 N–H and O–H groups in total. The number of hydrogen-bond acceptors (Lipinski definition) is 3. The van der Waals surface area contributed by atoms with Crippen LogP contribution in [0.5, 0.6) is 0 Å². The molecule has 2 atom stereocenters. The average Bonchev–Trinajstić information content (AvgIpc) is 2.89. The van der Waals surface area contributed by atoms with Crippen molar-refractivity contribution >= 4 is 16.8 Å². The SMILES string of the molecule is C.O=C(c1n[nH]c2ccccc12)N1CCN2CCCC(C2)C1. The Morgan fingerprint density at radius 2 is 2.05 bits per heavy atom. The van der Waals surface area contributed by atoms with Crippen molar-refractivity contribution < 1.29 is 4.79 Å². The van der Waals surface area contributed by atoms with Gasteiger partial charge in [0, 0.05) is 31.6 Å². The van der Waals surface area contributed by atoms with Crippen LogP contribution >= 0.6 is 0 Å². The van der Waals surface area contributed by atoms with Gasteiger partial charge in [0.2, 0.25) is 0 Å². The molecule has 2 unspecified atom stereocenters. The molecule has 1 amide bonds. The number of carbonyl (C=O) groups is 1. The summed E-state index contributed by atoms with van der Waals surface area (Å²) in [5, 5.41) is 8.14. The highest BCUT2D eigenvalue weighted by Crippen LogP contribution is 2.23. The molecule has 2 bridgehead atoms. The maximum atomic E-state index is 12.8. The first-order valence-corrected chi connectivity index (χ1v) is 7.76. The summed E-state index contributed by atoms with van der Waals surface area (Å²) >= 11 is 0. The lowest BCUT2D eigenvalue weighted by Gasteiger charge is -2.29. The van der Waals surface area contributed by atoms with Gasteiger partial charge >= 0.3 is 0 Å². The van der Waals surface area contributed by atoms with Crippen LogP contribution in [0.4, 0.5) is 0 Å². The summed E-state index contributed by atoms with van der Waals surface area (Å²) in [6.07, 6.45) is 2.50. The fourth-order valence-corrected chi connectivity index (χ4v) is 3.63. The number of fused-ring (bicyclic) bond motifs is 3. The van der Waals surface area contributed by atoms with Crippen LogP contribution in [0, 0.1) is 5.92 Å². The maximum Gasteiger partial charge on any atom is 0.275 e. The van der Waals surface area contributed by atoms with Gasteiger partial charge in [0.25, 0.3) is 5.91 Å². The van der Waals surface area contributed by atoms with Gasteiger partial charge in [0.1, 0.15) is 0 Å². The quantitative estimate of drug-likeness (QED) is 0.879. The third-order valence-corrected chi connectivity index (χ3v) is 4.73. The number of benzene rings is 1. The fraction of sp³-hybridized carbons (Fsp3) is 0.529. The molecule has 2 aliphatic heterocycles. The number of nitrogens with one attached hydrogen (secondary N) is 1. The lowest BCUT2D eigenvalue weighted by molar-refractivity contribution is 0.0742. The van der Waals surface area contributed by atoms with Crippen LogP contribution in [0.1, 0.15) is 30.8 Å². The molecule has 22 heavy (non-hydrogen) atoms. The first-order chi connectivity index (χ1) is 10.3. The first kappa shape index (κ1) is 15.0. The number of nitrogens with zero attached hydrogens (tertiary/aromatic N) is 3. The summed E-state index contributed by atoms with van der Waals surface area (Å²) in [4.78, 5) is 17.3. The normalized spacial score (nSPS) is 24.6. The molecule has 2 aromatic rings. The summed E-state index contributed by atoms with van der Waals surface area (Å²) in [5.74, 6) is 0.691. The summed E-state index contributed by atoms with van der Waals surface area (Å²) in [5.41, 5.74) is 1.50. The topological polar surface area (TPSA) is 52.2 Å². The second-order valence-electron chi connectivity index (χ2n) is 6.18. The summed E-state index contributed by atoms with van der Waals surface area (Å²) < 4.78 is 0. The molecule has 5 nitrogen and oxygen atoms in total. The molecule has 4 rings (SSSR count). The molecule has 2 fully saturated rings. The van der Waals surface area contributed by atoms with E-state index in [-0.39, 0.29) is 13.3 Å². The van der Waals surface area contributed by atoms with E-state index >= 15 is 0 Å². The Morgan fingerprint density at radius 3 is 2.95 bits per heavy atom. The number of piperidine rings is 1. The Kier molecular flexibility index (Phi) is 4.16. The Balaban J connectivity index is 0.00000144. The Morgan fingerprint density at radius 1 is 1.18 bits per heavy atom. The van der Waals surface area contributed by atoms with Crippen LogP contribution in [-0.2, 0) is 0 Å². The highest BCUT2D eigenvalue weighted by molar-refractivity contribution is 6.04. The molecular formula is C17H24N4O. The van der Waals surface area contributed by atoms with Gasteiger partial charge in [-0.3, -0.25) is 9.89 Å². The number of amides is 1. The zero-order valence-electron chi connectivity index (χ0n) is 12.1. The lowest BCUT2D eigenvalue weighted by Crippen LogP contribution is -2.36. The molecule has 3 heterocycles. The highest BCUT2D eigenvalue weighted by atomic mass is 16.2. The molecule has 118 valence electrons. The maximum absolute atomic E-state index is 12.8. The van der Waals surface area contributed by atoms with E-state index in [0.29, 0.717) is 11.6 Å². The predicted octanol–water partition coefficient (Wildman–Crippen LogP) is 2.37. The van der Waals surface area contributed by atoms with Crippen LogP contribution in [0.2, 0.25) is 0 Å². The van der Waals surface area contributed by atoms with Crippen molar-refractivity contribution in [1.82, 2.24) is 20.0 Å². The molecule has 1 aromatic heterocycles. The van der Waals surface area contributed by atoms with E-state index in [1.807, 2.05) is 29.2 Å². The van der Waals surface area contributed by atoms with Crippen molar-refractivity contribution in [2.75, 3.05) is 32.7 Å². The van der Waals surface area contributed by atoms with Crippen molar-refractivity contribution in [2.24, 2.45) is 5.92 Å². The molecule has 0 aliphatic carbocycles. The molecule has 2 aliphatic rings. The second-order valence-corrected chi connectivity index (χ2v) is 6.18. The number of carbonyl (C=O) groups excluding carboxylic acids is 1. The van der Waals surface area contributed by atoms with Crippen molar-refractivity contribution in [3.8, 4) is 0 Å². The van der Waals surface area contributed by atoms with Gasteiger partial charge in [-0.15, -0.1) is 0 Å². The largest absolute Gasteiger partial charge is 0.336 e. The molecule has 0 saturated carbocycles. The second kappa shape index (κ2) is 6.08. The minimum atomic E-state index is 0. The molecule has 2 saturated heterocycles. The van der Waals surface area contributed by atoms with Crippen LogP contribution in [0.15, 0.2) is 24.3 Å². The van der Waals surface area contributed by atoms with Gasteiger partial charge in [-0.1, -0.05) is 25.6 Å². The van der Waals surface area contributed by atoms with Gasteiger partial charge in [-0.05, 0) is 31.4 Å². The summed E-state index contributed by atoms with van der Waals surface area (Å²) in [6, 6.07) is 7.83. The molecule has 0 radical (unpaired) electrons. The Labute approximate surface area is 131 Å². The van der Waals surface area contributed by atoms with E-state index in [4.69, 9.17) is 0 Å². The van der Waals surface area contributed by atoms with E-state index in [0.717, 1.165) is 37.1 Å². The van der Waals surface area contributed by atoms with Crippen LogP contribution in [0.25, 0.3) is 10.9 Å². The van der Waals surface area contributed by atoms with Gasteiger partial charge in [0.05, 0.1) is 5.52 Å². The number of aromatic amines is 1. The predicted molar refractivity (Wildman–Crippen MR) is 87.9 cm³/mol. The van der Waals surface area contributed by atoms with Crippen LogP contribution < -0.4 is 0 Å². The van der Waals surface area contributed by atoms with Crippen molar-refractivity contribution in [3.63, 3.8) is 0 Å². The minimum absolute atomic E-state index is 0. The number of rotatable bonds is 1. The Bertz CT molecular complexity index is 665. The monoisotopic (exact) mass is 300 g/mol. The number of H-pyrrole nitrogens is 1. The van der Waals surface area contributed by atoms with Crippen molar-refractivity contribution in [1.29, 1.82) is 0 Å². The Hall–Kier alpha value is -1.88. The zero-order chi connectivity index (χ0) is 14.2. The molecule has 5 heteroatoms. The van der Waals surface area contributed by atoms with Crippen LogP contribution in [-0.4, -0.2) is 58.6 Å². The van der Waals surface area contributed by atoms with Crippen molar-refractivity contribution in [2.45, 2.75) is 20.3 Å². The standard InChI is InChI=1S/C16H20N4O.CH4/c21-16(15-13-5-1-2-6-14(13)17-18-15)20-9-8-19-7-3-4-12(10-19)11-20;/h1-2,5-6,12H,3-4,7-11H2,(H,17,18);1H4. The van der Waals surface area contributed by atoms with Crippen molar-refractivity contribution in [3.05, 3.63) is 30.0 Å². The van der Waals surface area contributed by atoms with Gasteiger partial charge < -0.3 is 9.80 Å². The third-order valence-electron chi connectivity index (χ3n) is 4.73. The van der Waals surface area contributed by atoms with E-state index in [2.05, 4.69) is 15.1 Å². The minimum Gasteiger partial charge on any atom is -0.336 e. The fourth-order valence-electron chi connectivity index (χ4n) is 3.63. The van der Waals surface area contributed by atoms with E-state index in [1.165, 1.54) is 19.4 Å². The lowest BCUT2D eigenvalue weighted by atomic mass is 9.98. The number of aromatic nitrogens is 2. The number of hydrogen-bond donors (Lipinski definition) is 1. The smallest absolute Gasteiger partial charge is 0.275 e. The highest BCUT2D eigenvalue weighted by Gasteiger charge is 2.30. The molecule has 1 aromatic carbocycles. The van der Waals surface area contributed by atoms with E-state index < -0.39 is 0 Å².